The van der Waals surface area contributed by atoms with Gasteiger partial charge in [-0.25, -0.2) is 4.90 Å². The first-order chi connectivity index (χ1) is 21.0. The van der Waals surface area contributed by atoms with Crippen molar-refractivity contribution in [1.82, 2.24) is 0 Å². The SMILES string of the molecule is N#Cc1c(N2C(=O)[C@@H]3[C@@H]4C(=O)Oc5c(ccc6ccccc56)C4=C[C@@H](c4ccc5c(c4)OCO5)[C@@H]3C2=O)sc2c1CCC2. The van der Waals surface area contributed by atoms with Crippen LogP contribution in [0.2, 0.25) is 0 Å². The fourth-order valence-electron chi connectivity index (χ4n) is 7.60. The number of carbonyl (C=O) groups excluding carboxylic acids is 3. The maximum absolute atomic E-state index is 14.5. The summed E-state index contributed by atoms with van der Waals surface area (Å²) in [5.41, 5.74) is 3.52. The number of nitrogens with zero attached hydrogens (tertiary/aromatic N) is 2. The van der Waals surface area contributed by atoms with Crippen molar-refractivity contribution in [1.29, 1.82) is 5.26 Å². The van der Waals surface area contributed by atoms with E-state index >= 15 is 0 Å². The predicted molar refractivity (Wildman–Crippen MR) is 157 cm³/mol. The highest BCUT2D eigenvalue weighted by molar-refractivity contribution is 7.17. The van der Waals surface area contributed by atoms with E-state index in [1.807, 2.05) is 60.7 Å². The summed E-state index contributed by atoms with van der Waals surface area (Å²) < 4.78 is 17.2. The molecule has 0 bridgehead atoms. The van der Waals surface area contributed by atoms with Crippen molar-refractivity contribution in [2.24, 2.45) is 17.8 Å². The highest BCUT2D eigenvalue weighted by atomic mass is 32.1. The summed E-state index contributed by atoms with van der Waals surface area (Å²) in [5.74, 6) is -3.11. The molecule has 3 aromatic carbocycles. The van der Waals surface area contributed by atoms with Gasteiger partial charge >= 0.3 is 5.97 Å². The Kier molecular flexibility index (Phi) is 5.03. The van der Waals surface area contributed by atoms with E-state index in [9.17, 15) is 19.6 Å². The number of nitriles is 1. The van der Waals surface area contributed by atoms with Crippen LogP contribution in [0.15, 0.2) is 60.7 Å². The molecule has 1 saturated heterocycles. The second kappa shape index (κ2) is 8.79. The van der Waals surface area contributed by atoms with Crippen LogP contribution in [-0.2, 0) is 27.2 Å². The monoisotopic (exact) mass is 586 g/mol. The third-order valence-electron chi connectivity index (χ3n) is 9.48. The van der Waals surface area contributed by atoms with Gasteiger partial charge in [-0.05, 0) is 53.5 Å². The Labute approximate surface area is 249 Å². The number of hydrogen-bond donors (Lipinski definition) is 0. The summed E-state index contributed by atoms with van der Waals surface area (Å²) in [6, 6.07) is 19.4. The first kappa shape index (κ1) is 24.6. The molecule has 1 fully saturated rings. The normalized spacial score (nSPS) is 24.7. The Morgan fingerprint density at radius 3 is 2.65 bits per heavy atom. The fraction of sp³-hybridized carbons (Fsp3) is 0.235. The minimum atomic E-state index is -0.987. The van der Waals surface area contributed by atoms with E-state index in [1.54, 1.807) is 0 Å². The summed E-state index contributed by atoms with van der Waals surface area (Å²) in [6.45, 7) is 0.107. The van der Waals surface area contributed by atoms with Crippen LogP contribution in [0, 0.1) is 29.1 Å². The molecule has 4 aromatic rings. The first-order valence-electron chi connectivity index (χ1n) is 14.3. The minimum Gasteiger partial charge on any atom is -0.454 e. The molecule has 9 heteroatoms. The molecule has 4 heterocycles. The standard InChI is InChI=1S/C34H22N2O6S/c35-14-23-19-6-3-7-26(19)43-33(23)36-31(37)27-21(17-9-11-24-25(12-17)41-15-40-24)13-22-20-10-8-16-4-1-2-5-18(16)30(20)42-34(39)28(22)29(27)32(36)38/h1-2,4-5,8-13,21,27-29H,3,6-7,15H2/t21-,27-,28+,29-/m0/s1. The third kappa shape index (κ3) is 3.27. The Balaban J connectivity index is 1.25. The molecule has 5 aliphatic rings. The number of ether oxygens (including phenoxy) is 3. The zero-order valence-electron chi connectivity index (χ0n) is 22.7. The van der Waals surface area contributed by atoms with Gasteiger partial charge < -0.3 is 14.2 Å². The lowest BCUT2D eigenvalue weighted by Crippen LogP contribution is -2.42. The fourth-order valence-corrected chi connectivity index (χ4v) is 8.95. The topological polar surface area (TPSA) is 106 Å². The molecule has 0 N–H and O–H groups in total. The zero-order valence-corrected chi connectivity index (χ0v) is 23.5. The number of thiophene rings is 1. The number of carbonyl (C=O) groups is 3. The highest BCUT2D eigenvalue weighted by Gasteiger charge is 2.61. The molecule has 0 spiro atoms. The van der Waals surface area contributed by atoms with Crippen molar-refractivity contribution in [3.8, 4) is 23.3 Å². The number of rotatable bonds is 2. The van der Waals surface area contributed by atoms with Gasteiger partial charge in [0, 0.05) is 21.7 Å². The van der Waals surface area contributed by atoms with Gasteiger partial charge in [-0.15, -0.1) is 11.3 Å². The van der Waals surface area contributed by atoms with Crippen molar-refractivity contribution in [3.63, 3.8) is 0 Å². The smallest absolute Gasteiger partial charge is 0.319 e. The van der Waals surface area contributed by atoms with Gasteiger partial charge in [0.05, 0.1) is 23.3 Å². The molecule has 0 unspecified atom stereocenters. The van der Waals surface area contributed by atoms with Crippen molar-refractivity contribution in [3.05, 3.63) is 87.8 Å². The molecule has 2 aliphatic carbocycles. The number of amides is 2. The summed E-state index contributed by atoms with van der Waals surface area (Å²) in [4.78, 5) is 45.0. The first-order valence-corrected chi connectivity index (χ1v) is 15.1. The number of fused-ring (bicyclic) bond motifs is 9. The summed E-state index contributed by atoms with van der Waals surface area (Å²) >= 11 is 1.35. The second-order valence-corrected chi connectivity index (χ2v) is 12.6. The second-order valence-electron chi connectivity index (χ2n) is 11.5. The zero-order chi connectivity index (χ0) is 29.0. The number of allylic oxidation sites excluding steroid dienone is 1. The van der Waals surface area contributed by atoms with Crippen LogP contribution in [0.4, 0.5) is 5.00 Å². The van der Waals surface area contributed by atoms with Gasteiger partial charge in [0.15, 0.2) is 11.5 Å². The number of aryl methyl sites for hydroxylation is 1. The van der Waals surface area contributed by atoms with Gasteiger partial charge in [0.25, 0.3) is 0 Å². The van der Waals surface area contributed by atoms with E-state index in [4.69, 9.17) is 14.2 Å². The average molecular weight is 587 g/mol. The molecular formula is C34H22N2O6S. The predicted octanol–water partition coefficient (Wildman–Crippen LogP) is 5.51. The van der Waals surface area contributed by atoms with Gasteiger partial charge in [0.2, 0.25) is 18.6 Å². The lowest BCUT2D eigenvalue weighted by molar-refractivity contribution is -0.142. The molecule has 0 radical (unpaired) electrons. The van der Waals surface area contributed by atoms with E-state index in [1.165, 1.54) is 16.2 Å². The van der Waals surface area contributed by atoms with Crippen molar-refractivity contribution in [2.75, 3.05) is 11.7 Å². The lowest BCUT2D eigenvalue weighted by atomic mass is 9.64. The number of hydrogen-bond acceptors (Lipinski definition) is 8. The van der Waals surface area contributed by atoms with E-state index in [-0.39, 0.29) is 6.79 Å². The Hall–Kier alpha value is -4.94. The van der Waals surface area contributed by atoms with E-state index in [0.717, 1.165) is 51.6 Å². The molecule has 8 nitrogen and oxygen atoms in total. The molecule has 1 aromatic heterocycles. The number of benzene rings is 3. The van der Waals surface area contributed by atoms with Gasteiger partial charge in [-0.3, -0.25) is 14.4 Å². The van der Waals surface area contributed by atoms with Crippen LogP contribution in [-0.4, -0.2) is 24.6 Å². The molecule has 43 heavy (non-hydrogen) atoms. The van der Waals surface area contributed by atoms with Gasteiger partial charge in [-0.1, -0.05) is 48.5 Å². The maximum atomic E-state index is 14.5. The molecule has 2 amide bonds. The average Bonchev–Trinajstić information content (AvgIpc) is 3.80. The van der Waals surface area contributed by atoms with Gasteiger partial charge in [-0.2, -0.15) is 5.26 Å². The summed E-state index contributed by atoms with van der Waals surface area (Å²) in [5, 5.41) is 12.2. The highest BCUT2D eigenvalue weighted by Crippen LogP contribution is 2.57. The lowest BCUT2D eigenvalue weighted by Gasteiger charge is -2.38. The summed E-state index contributed by atoms with van der Waals surface area (Å²) in [6.07, 6.45) is 4.49. The Morgan fingerprint density at radius 2 is 1.77 bits per heavy atom. The number of anilines is 1. The van der Waals surface area contributed by atoms with Crippen LogP contribution in [0.25, 0.3) is 16.3 Å². The quantitative estimate of drug-likeness (QED) is 0.173. The van der Waals surface area contributed by atoms with Crippen molar-refractivity contribution < 1.29 is 28.6 Å². The van der Waals surface area contributed by atoms with E-state index < -0.39 is 41.5 Å². The largest absolute Gasteiger partial charge is 0.454 e. The number of esters is 1. The Bertz CT molecular complexity index is 2040. The third-order valence-corrected chi connectivity index (χ3v) is 10.8. The van der Waals surface area contributed by atoms with E-state index in [0.29, 0.717) is 33.4 Å². The minimum absolute atomic E-state index is 0.107. The Morgan fingerprint density at radius 1 is 0.930 bits per heavy atom. The molecule has 3 aliphatic heterocycles. The van der Waals surface area contributed by atoms with Crippen molar-refractivity contribution >= 4 is 50.5 Å². The molecular weight excluding hydrogens is 564 g/mol. The van der Waals surface area contributed by atoms with Crippen LogP contribution in [0.3, 0.4) is 0 Å². The number of imide groups is 1. The molecule has 9 rings (SSSR count). The summed E-state index contributed by atoms with van der Waals surface area (Å²) in [7, 11) is 0. The molecule has 0 saturated carbocycles. The van der Waals surface area contributed by atoms with Crippen LogP contribution in [0.1, 0.15) is 39.5 Å². The van der Waals surface area contributed by atoms with Crippen LogP contribution >= 0.6 is 11.3 Å². The van der Waals surface area contributed by atoms with Crippen molar-refractivity contribution in [2.45, 2.75) is 25.2 Å². The van der Waals surface area contributed by atoms with Crippen LogP contribution < -0.4 is 19.1 Å². The van der Waals surface area contributed by atoms with Crippen LogP contribution in [0.5, 0.6) is 17.2 Å². The molecule has 210 valence electrons. The molecule has 4 atom stereocenters. The van der Waals surface area contributed by atoms with E-state index in [2.05, 4.69) is 6.07 Å². The maximum Gasteiger partial charge on any atom is 0.319 e. The van der Waals surface area contributed by atoms with Gasteiger partial charge in [0.1, 0.15) is 16.8 Å².